The van der Waals surface area contributed by atoms with E-state index in [1.54, 1.807) is 6.92 Å². The molecule has 0 aliphatic carbocycles. The molecule has 0 unspecified atom stereocenters. The Morgan fingerprint density at radius 2 is 1.38 bits per heavy atom. The van der Waals surface area contributed by atoms with E-state index in [0.29, 0.717) is 0 Å². The van der Waals surface area contributed by atoms with Gasteiger partial charge in [-0.3, -0.25) is 10.1 Å². The van der Waals surface area contributed by atoms with Crippen LogP contribution >= 0.6 is 0 Å². The Labute approximate surface area is 75.4 Å². The van der Waals surface area contributed by atoms with Gasteiger partial charge in [0.05, 0.1) is 0 Å². The maximum atomic E-state index is 10.0. The van der Waals surface area contributed by atoms with Gasteiger partial charge in [0.15, 0.2) is 0 Å². The molecule has 0 fully saturated rings. The number of hydrogen-bond acceptors (Lipinski definition) is 6. The Bertz CT molecular complexity index is 127. The Morgan fingerprint density at radius 3 is 1.38 bits per heavy atom. The summed E-state index contributed by atoms with van der Waals surface area (Å²) in [4.78, 5) is 9.14. The van der Waals surface area contributed by atoms with Crippen molar-refractivity contribution in [3.8, 4) is 0 Å². The van der Waals surface area contributed by atoms with E-state index in [9.17, 15) is 10.1 Å². The van der Waals surface area contributed by atoms with E-state index in [2.05, 4.69) is 0 Å². The van der Waals surface area contributed by atoms with Crippen molar-refractivity contribution in [2.45, 2.75) is 12.5 Å². The van der Waals surface area contributed by atoms with Gasteiger partial charge < -0.3 is 20.4 Å². The number of nitro groups is 1. The molecular weight excluding hydrogens is 182 g/mol. The lowest BCUT2D eigenvalue weighted by Gasteiger charge is -2.16. The second-order valence-electron chi connectivity index (χ2n) is 2.27. The summed E-state index contributed by atoms with van der Waals surface area (Å²) in [5, 5.41) is 42.8. The van der Waals surface area contributed by atoms with Gasteiger partial charge in [0, 0.05) is 11.5 Å². The van der Waals surface area contributed by atoms with Crippen molar-refractivity contribution < 1.29 is 25.3 Å². The number of aliphatic hydroxyl groups excluding tert-OH is 4. The van der Waals surface area contributed by atoms with Crippen molar-refractivity contribution in [2.75, 3.05) is 26.4 Å². The molecule has 0 heterocycles. The molecule has 0 bridgehead atoms. The summed E-state index contributed by atoms with van der Waals surface area (Å²) in [5.74, 6) is 0. The van der Waals surface area contributed by atoms with Crippen molar-refractivity contribution >= 4 is 0 Å². The summed E-state index contributed by atoms with van der Waals surface area (Å²) < 4.78 is 0. The number of nitrogens with zero attached hydrogens (tertiary/aromatic N) is 1. The topological polar surface area (TPSA) is 124 Å². The molecule has 0 aromatic heterocycles. The van der Waals surface area contributed by atoms with Crippen LogP contribution in [0.1, 0.15) is 6.92 Å². The van der Waals surface area contributed by atoms with E-state index in [4.69, 9.17) is 20.4 Å². The summed E-state index contributed by atoms with van der Waals surface area (Å²) in [6.07, 6.45) is 0. The Kier molecular flexibility index (Phi) is 8.92. The Morgan fingerprint density at radius 1 is 1.15 bits per heavy atom. The number of aliphatic hydroxyl groups is 4. The zero-order valence-electron chi connectivity index (χ0n) is 7.38. The first-order chi connectivity index (χ1) is 6.04. The van der Waals surface area contributed by atoms with Gasteiger partial charge in [-0.25, -0.2) is 0 Å². The van der Waals surface area contributed by atoms with Crippen molar-refractivity contribution in [3.63, 3.8) is 0 Å². The molecule has 13 heavy (non-hydrogen) atoms. The Balaban J connectivity index is 0. The van der Waals surface area contributed by atoms with E-state index < -0.39 is 30.3 Å². The zero-order valence-corrected chi connectivity index (χ0v) is 7.38. The summed E-state index contributed by atoms with van der Waals surface area (Å²) in [6.45, 7) is -0.674. The van der Waals surface area contributed by atoms with Gasteiger partial charge in [0.25, 0.3) is 5.54 Å². The first kappa shape index (κ1) is 14.7. The third-order valence-electron chi connectivity index (χ3n) is 1.27. The van der Waals surface area contributed by atoms with Crippen molar-refractivity contribution in [1.82, 2.24) is 0 Å². The van der Waals surface area contributed by atoms with Crippen LogP contribution in [0.4, 0.5) is 0 Å². The van der Waals surface area contributed by atoms with Gasteiger partial charge in [-0.2, -0.15) is 0 Å². The molecule has 0 aliphatic rings. The highest BCUT2D eigenvalue weighted by atomic mass is 16.6. The van der Waals surface area contributed by atoms with Gasteiger partial charge in [-0.1, -0.05) is 0 Å². The number of rotatable bonds is 4. The van der Waals surface area contributed by atoms with E-state index in [1.807, 2.05) is 0 Å². The molecule has 0 saturated heterocycles. The van der Waals surface area contributed by atoms with Crippen LogP contribution in [-0.4, -0.2) is 57.3 Å². The second-order valence-corrected chi connectivity index (χ2v) is 2.27. The van der Waals surface area contributed by atoms with Crippen LogP contribution < -0.4 is 0 Å². The van der Waals surface area contributed by atoms with E-state index in [-0.39, 0.29) is 6.61 Å². The molecular formula is C6H15NO6. The van der Waals surface area contributed by atoms with Gasteiger partial charge >= 0.3 is 0 Å². The lowest BCUT2D eigenvalue weighted by molar-refractivity contribution is -0.580. The van der Waals surface area contributed by atoms with Crippen LogP contribution in [0.25, 0.3) is 0 Å². The van der Waals surface area contributed by atoms with Crippen LogP contribution in [0.2, 0.25) is 0 Å². The fraction of sp³-hybridized carbons (Fsp3) is 1.00. The van der Waals surface area contributed by atoms with Gasteiger partial charge in [-0.15, -0.1) is 0 Å². The zero-order chi connectivity index (χ0) is 10.9. The third-order valence-corrected chi connectivity index (χ3v) is 1.27. The van der Waals surface area contributed by atoms with Gasteiger partial charge in [-0.05, 0) is 6.92 Å². The third kappa shape index (κ3) is 4.73. The molecule has 0 spiro atoms. The molecule has 4 N–H and O–H groups in total. The second kappa shape index (κ2) is 7.87. The Hall–Kier alpha value is -0.760. The molecule has 0 radical (unpaired) electrons. The molecule has 0 aliphatic heterocycles. The molecule has 7 nitrogen and oxygen atoms in total. The highest BCUT2D eigenvalue weighted by Gasteiger charge is 2.41. The minimum Gasteiger partial charge on any atom is -0.397 e. The summed E-state index contributed by atoms with van der Waals surface area (Å²) in [7, 11) is 0. The predicted molar refractivity (Wildman–Crippen MR) is 43.7 cm³/mol. The summed E-state index contributed by atoms with van der Waals surface area (Å²) in [6, 6.07) is 0. The van der Waals surface area contributed by atoms with Crippen LogP contribution in [-0.2, 0) is 0 Å². The van der Waals surface area contributed by atoms with Crippen molar-refractivity contribution in [1.29, 1.82) is 0 Å². The predicted octanol–water partition coefficient (Wildman–Crippen LogP) is -2.02. The van der Waals surface area contributed by atoms with E-state index in [1.165, 1.54) is 0 Å². The monoisotopic (exact) mass is 197 g/mol. The number of hydrogen-bond donors (Lipinski definition) is 4. The first-order valence-corrected chi connectivity index (χ1v) is 3.62. The highest BCUT2D eigenvalue weighted by Crippen LogP contribution is 2.05. The normalized spacial score (nSPS) is 10.2. The fourth-order valence-electron chi connectivity index (χ4n) is 0.323. The highest BCUT2D eigenvalue weighted by molar-refractivity contribution is 4.75. The maximum absolute atomic E-state index is 10.0. The van der Waals surface area contributed by atoms with Crippen LogP contribution in [0.15, 0.2) is 0 Å². The molecule has 0 amide bonds. The fourth-order valence-corrected chi connectivity index (χ4v) is 0.323. The molecule has 80 valence electrons. The lowest BCUT2D eigenvalue weighted by atomic mass is 10.1. The van der Waals surface area contributed by atoms with Crippen LogP contribution in [0.3, 0.4) is 0 Å². The SMILES string of the molecule is CCO.O=[N+]([O-])C(CO)(CO)CO. The lowest BCUT2D eigenvalue weighted by Crippen LogP contribution is -2.49. The molecule has 0 rings (SSSR count). The maximum Gasteiger partial charge on any atom is 0.289 e. The summed E-state index contributed by atoms with van der Waals surface area (Å²) in [5.41, 5.74) is -1.99. The summed E-state index contributed by atoms with van der Waals surface area (Å²) >= 11 is 0. The largest absolute Gasteiger partial charge is 0.397 e. The molecule has 0 aromatic carbocycles. The minimum absolute atomic E-state index is 0.250. The smallest absolute Gasteiger partial charge is 0.289 e. The van der Waals surface area contributed by atoms with Gasteiger partial charge in [0.1, 0.15) is 19.8 Å². The minimum atomic E-state index is -1.99. The molecule has 0 atom stereocenters. The molecule has 0 aromatic rings. The van der Waals surface area contributed by atoms with E-state index >= 15 is 0 Å². The average molecular weight is 197 g/mol. The first-order valence-electron chi connectivity index (χ1n) is 3.62. The van der Waals surface area contributed by atoms with Crippen molar-refractivity contribution in [2.24, 2.45) is 0 Å². The van der Waals surface area contributed by atoms with Crippen LogP contribution in [0, 0.1) is 10.1 Å². The molecule has 7 heteroatoms. The van der Waals surface area contributed by atoms with Crippen LogP contribution in [0.5, 0.6) is 0 Å². The van der Waals surface area contributed by atoms with E-state index in [0.717, 1.165) is 0 Å². The standard InChI is InChI=1S/C4H9NO5.C2H6O/c6-1-4(2-7,3-8)5(9)10;1-2-3/h6-8H,1-3H2;3H,2H2,1H3. The molecule has 0 saturated carbocycles. The quantitative estimate of drug-likeness (QED) is 0.304. The van der Waals surface area contributed by atoms with Gasteiger partial charge in [0.2, 0.25) is 0 Å². The van der Waals surface area contributed by atoms with Crippen molar-refractivity contribution in [3.05, 3.63) is 10.1 Å². The average Bonchev–Trinajstić information content (AvgIpc) is 2.09.